The lowest BCUT2D eigenvalue weighted by molar-refractivity contribution is 0.478. The summed E-state index contributed by atoms with van der Waals surface area (Å²) >= 11 is 0. The normalized spacial score (nSPS) is 9.00. The Kier molecular flexibility index (Phi) is 3.18. The highest BCUT2D eigenvalue weighted by Gasteiger charge is 1.95. The number of nitrogens with two attached hydrogens (primary N) is 2. The third-order valence-corrected chi connectivity index (χ3v) is 1.53. The minimum absolute atomic E-state index is 0.0690. The van der Waals surface area contributed by atoms with Gasteiger partial charge in [0.1, 0.15) is 5.75 Å². The molecule has 0 unspecified atom stereocenters. The zero-order valence-electron chi connectivity index (χ0n) is 7.25. The van der Waals surface area contributed by atoms with Crippen LogP contribution in [0.3, 0.4) is 0 Å². The van der Waals surface area contributed by atoms with E-state index in [1.807, 2.05) is 0 Å². The van der Waals surface area contributed by atoms with Crippen LogP contribution in [0.15, 0.2) is 18.2 Å². The van der Waals surface area contributed by atoms with E-state index in [-0.39, 0.29) is 5.75 Å². The molecule has 0 amide bonds. The van der Waals surface area contributed by atoms with Crippen LogP contribution < -0.4 is 11.5 Å². The molecule has 0 saturated carbocycles. The molecule has 1 aromatic rings. The molecule has 0 saturated heterocycles. The highest BCUT2D eigenvalue weighted by molar-refractivity contribution is 5.55. The van der Waals surface area contributed by atoms with Crippen LogP contribution in [-0.2, 0) is 0 Å². The first-order valence-corrected chi connectivity index (χ1v) is 4.01. The Labute approximate surface area is 77.4 Å². The van der Waals surface area contributed by atoms with Crippen LogP contribution in [0.2, 0.25) is 0 Å². The molecule has 0 heterocycles. The van der Waals surface area contributed by atoms with Crippen molar-refractivity contribution in [3.63, 3.8) is 0 Å². The van der Waals surface area contributed by atoms with Crippen molar-refractivity contribution in [2.45, 2.75) is 6.42 Å². The second-order valence-corrected chi connectivity index (χ2v) is 2.61. The van der Waals surface area contributed by atoms with Gasteiger partial charge < -0.3 is 16.6 Å². The molecule has 13 heavy (non-hydrogen) atoms. The monoisotopic (exact) mass is 176 g/mol. The Balaban J connectivity index is 2.81. The van der Waals surface area contributed by atoms with Crippen LogP contribution in [0.25, 0.3) is 0 Å². The molecule has 1 aromatic carbocycles. The summed E-state index contributed by atoms with van der Waals surface area (Å²) in [6.07, 6.45) is 0.658. The molecule has 1 rings (SSSR count). The van der Waals surface area contributed by atoms with Crippen molar-refractivity contribution in [1.29, 1.82) is 0 Å². The smallest absolute Gasteiger partial charge is 0.139 e. The number of nitrogen functional groups attached to an aromatic ring is 1. The predicted octanol–water partition coefficient (Wildman–Crippen LogP) is 0.675. The number of aromatic hydroxyl groups is 1. The second kappa shape index (κ2) is 4.39. The number of rotatable bonds is 1. The van der Waals surface area contributed by atoms with E-state index in [0.29, 0.717) is 18.7 Å². The summed E-state index contributed by atoms with van der Waals surface area (Å²) in [5.41, 5.74) is 11.8. The summed E-state index contributed by atoms with van der Waals surface area (Å²) in [4.78, 5) is 0. The number of hydrogen-bond donors (Lipinski definition) is 3. The zero-order valence-corrected chi connectivity index (χ0v) is 7.25. The van der Waals surface area contributed by atoms with Crippen molar-refractivity contribution < 1.29 is 5.11 Å². The van der Waals surface area contributed by atoms with Gasteiger partial charge in [0.05, 0.1) is 5.69 Å². The largest absolute Gasteiger partial charge is 0.506 e. The van der Waals surface area contributed by atoms with Gasteiger partial charge in [0.15, 0.2) is 0 Å². The van der Waals surface area contributed by atoms with Crippen LogP contribution >= 0.6 is 0 Å². The van der Waals surface area contributed by atoms with Crippen LogP contribution in [0.5, 0.6) is 5.75 Å². The Morgan fingerprint density at radius 2 is 2.15 bits per heavy atom. The van der Waals surface area contributed by atoms with Crippen molar-refractivity contribution in [3.05, 3.63) is 23.8 Å². The van der Waals surface area contributed by atoms with Crippen molar-refractivity contribution in [2.75, 3.05) is 12.3 Å². The first kappa shape index (κ1) is 9.43. The van der Waals surface area contributed by atoms with Crippen LogP contribution in [-0.4, -0.2) is 11.7 Å². The molecule has 0 aliphatic carbocycles. The fourth-order valence-corrected chi connectivity index (χ4v) is 0.858. The topological polar surface area (TPSA) is 72.3 Å². The molecular weight excluding hydrogens is 164 g/mol. The van der Waals surface area contributed by atoms with E-state index in [2.05, 4.69) is 11.8 Å². The standard InChI is InChI=1S/C10H12N2O/c11-6-2-1-3-8-4-5-9(12)10(13)7-8/h4-5,7,13H,2,6,11-12H2. The summed E-state index contributed by atoms with van der Waals surface area (Å²) in [6, 6.07) is 4.93. The van der Waals surface area contributed by atoms with Gasteiger partial charge in [-0.05, 0) is 18.2 Å². The average molecular weight is 176 g/mol. The van der Waals surface area contributed by atoms with Gasteiger partial charge in [-0.2, -0.15) is 0 Å². The molecule has 0 fully saturated rings. The molecule has 3 heteroatoms. The van der Waals surface area contributed by atoms with Gasteiger partial charge in [-0.15, -0.1) is 0 Å². The van der Waals surface area contributed by atoms with E-state index in [1.54, 1.807) is 18.2 Å². The van der Waals surface area contributed by atoms with E-state index >= 15 is 0 Å². The molecule has 68 valence electrons. The molecule has 0 atom stereocenters. The summed E-state index contributed by atoms with van der Waals surface area (Å²) in [6.45, 7) is 0.550. The predicted molar refractivity (Wildman–Crippen MR) is 53.1 cm³/mol. The molecule has 0 radical (unpaired) electrons. The number of phenolic OH excluding ortho intramolecular Hbond substituents is 1. The number of phenols is 1. The third-order valence-electron chi connectivity index (χ3n) is 1.53. The van der Waals surface area contributed by atoms with Crippen molar-refractivity contribution >= 4 is 5.69 Å². The van der Waals surface area contributed by atoms with Crippen molar-refractivity contribution in [2.24, 2.45) is 5.73 Å². The van der Waals surface area contributed by atoms with E-state index in [0.717, 1.165) is 5.56 Å². The first-order valence-electron chi connectivity index (χ1n) is 4.01. The lowest BCUT2D eigenvalue weighted by Crippen LogP contribution is -1.95. The molecule has 0 bridgehead atoms. The minimum atomic E-state index is 0.0690. The minimum Gasteiger partial charge on any atom is -0.506 e. The molecule has 0 spiro atoms. The van der Waals surface area contributed by atoms with Gasteiger partial charge >= 0.3 is 0 Å². The Morgan fingerprint density at radius 1 is 1.38 bits per heavy atom. The maximum absolute atomic E-state index is 9.24. The maximum Gasteiger partial charge on any atom is 0.139 e. The van der Waals surface area contributed by atoms with Gasteiger partial charge in [-0.1, -0.05) is 11.8 Å². The lowest BCUT2D eigenvalue weighted by Gasteiger charge is -1.97. The highest BCUT2D eigenvalue weighted by Crippen LogP contribution is 2.19. The van der Waals surface area contributed by atoms with Crippen LogP contribution in [0.1, 0.15) is 12.0 Å². The van der Waals surface area contributed by atoms with Gasteiger partial charge in [0.2, 0.25) is 0 Å². The van der Waals surface area contributed by atoms with Crippen molar-refractivity contribution in [1.82, 2.24) is 0 Å². The van der Waals surface area contributed by atoms with E-state index in [1.165, 1.54) is 0 Å². The van der Waals surface area contributed by atoms with Crippen LogP contribution in [0.4, 0.5) is 5.69 Å². The molecular formula is C10H12N2O. The van der Waals surface area contributed by atoms with Gasteiger partial charge in [-0.25, -0.2) is 0 Å². The fraction of sp³-hybridized carbons (Fsp3) is 0.200. The van der Waals surface area contributed by atoms with Crippen LogP contribution in [0, 0.1) is 11.8 Å². The van der Waals surface area contributed by atoms with Gasteiger partial charge in [0.25, 0.3) is 0 Å². The molecule has 0 aromatic heterocycles. The Bertz CT molecular complexity index is 350. The molecule has 3 nitrogen and oxygen atoms in total. The quantitative estimate of drug-likeness (QED) is 0.334. The van der Waals surface area contributed by atoms with Crippen molar-refractivity contribution in [3.8, 4) is 17.6 Å². The number of hydrogen-bond acceptors (Lipinski definition) is 3. The summed E-state index contributed by atoms with van der Waals surface area (Å²) < 4.78 is 0. The first-order chi connectivity index (χ1) is 6.24. The molecule has 5 N–H and O–H groups in total. The molecule has 0 aliphatic heterocycles. The number of benzene rings is 1. The van der Waals surface area contributed by atoms with E-state index < -0.39 is 0 Å². The summed E-state index contributed by atoms with van der Waals surface area (Å²) in [7, 11) is 0. The Morgan fingerprint density at radius 3 is 2.77 bits per heavy atom. The highest BCUT2D eigenvalue weighted by atomic mass is 16.3. The van der Waals surface area contributed by atoms with Gasteiger partial charge in [-0.3, -0.25) is 0 Å². The second-order valence-electron chi connectivity index (χ2n) is 2.61. The van der Waals surface area contributed by atoms with E-state index in [4.69, 9.17) is 11.5 Å². The van der Waals surface area contributed by atoms with Gasteiger partial charge in [0, 0.05) is 18.5 Å². The zero-order chi connectivity index (χ0) is 9.68. The SMILES string of the molecule is NCCC#Cc1ccc(N)c(O)c1. The summed E-state index contributed by atoms with van der Waals surface area (Å²) in [5.74, 6) is 5.81. The Hall–Kier alpha value is -1.66. The molecule has 0 aliphatic rings. The average Bonchev–Trinajstić information content (AvgIpc) is 2.12. The van der Waals surface area contributed by atoms with E-state index in [9.17, 15) is 5.11 Å². The fourth-order valence-electron chi connectivity index (χ4n) is 0.858. The summed E-state index contributed by atoms with van der Waals surface area (Å²) in [5, 5.41) is 9.24. The third kappa shape index (κ3) is 2.69. The maximum atomic E-state index is 9.24. The number of anilines is 1. The lowest BCUT2D eigenvalue weighted by atomic mass is 10.2.